The Morgan fingerprint density at radius 3 is 2.65 bits per heavy atom. The predicted molar refractivity (Wildman–Crippen MR) is 92.0 cm³/mol. The average molecular weight is 319 g/mol. The molecule has 0 aromatic heterocycles. The second-order valence-electron chi connectivity index (χ2n) is 6.94. The van der Waals surface area contributed by atoms with Gasteiger partial charge >= 0.3 is 0 Å². The molecule has 1 heterocycles. The highest BCUT2D eigenvalue weighted by Crippen LogP contribution is 2.19. The van der Waals surface area contributed by atoms with Gasteiger partial charge in [0.15, 0.2) is 0 Å². The fourth-order valence-electron chi connectivity index (χ4n) is 2.96. The Kier molecular flexibility index (Phi) is 6.16. The van der Waals surface area contributed by atoms with E-state index in [4.69, 9.17) is 10.5 Å². The third-order valence-corrected chi connectivity index (χ3v) is 4.27. The minimum atomic E-state index is -0.356. The Morgan fingerprint density at radius 1 is 1.35 bits per heavy atom. The molecule has 1 aliphatic heterocycles. The van der Waals surface area contributed by atoms with E-state index in [1.54, 1.807) is 0 Å². The maximum atomic E-state index is 12.2. The Balaban J connectivity index is 1.80. The molecule has 4 N–H and O–H groups in total. The summed E-state index contributed by atoms with van der Waals surface area (Å²) in [6, 6.07) is 10.5. The number of amides is 1. The number of nitrogens with one attached hydrogen (secondary N) is 2. The Morgan fingerprint density at radius 2 is 2.04 bits per heavy atom. The second kappa shape index (κ2) is 7.90. The van der Waals surface area contributed by atoms with Gasteiger partial charge in [0.05, 0.1) is 6.10 Å². The van der Waals surface area contributed by atoms with Gasteiger partial charge in [-0.2, -0.15) is 0 Å². The molecule has 0 aliphatic carbocycles. The van der Waals surface area contributed by atoms with Gasteiger partial charge in [0.25, 0.3) is 0 Å². The molecule has 1 unspecified atom stereocenters. The van der Waals surface area contributed by atoms with Crippen molar-refractivity contribution in [2.75, 3.05) is 13.1 Å². The third-order valence-electron chi connectivity index (χ3n) is 4.27. The van der Waals surface area contributed by atoms with E-state index in [9.17, 15) is 4.79 Å². The molecule has 1 fully saturated rings. The van der Waals surface area contributed by atoms with Crippen LogP contribution < -0.4 is 16.4 Å². The van der Waals surface area contributed by atoms with E-state index in [1.165, 1.54) is 5.56 Å². The lowest BCUT2D eigenvalue weighted by molar-refractivity contribution is -0.132. The smallest absolute Gasteiger partial charge is 0.249 e. The number of benzene rings is 1. The number of ether oxygens (including phenoxy) is 1. The molecule has 3 atom stereocenters. The molecule has 1 aromatic rings. The molecule has 0 spiro atoms. The zero-order valence-corrected chi connectivity index (χ0v) is 14.3. The zero-order valence-electron chi connectivity index (χ0n) is 14.3. The molecule has 1 amide bonds. The van der Waals surface area contributed by atoms with Crippen molar-refractivity contribution < 1.29 is 9.53 Å². The first-order valence-corrected chi connectivity index (χ1v) is 8.37. The molecule has 1 aliphatic rings. The monoisotopic (exact) mass is 319 g/mol. The van der Waals surface area contributed by atoms with E-state index in [1.807, 2.05) is 18.2 Å². The standard InChI is InChI=1S/C18H29N3O2/c1-13(14-7-5-4-6-8-14)21-18(2,3)12-20-17(22)16-10-9-15(11-19)23-16/h4-8,13,15-16,21H,9-12,19H2,1-3H3,(H,20,22)/t13?,15-,16+/m1/s1. The normalized spacial score (nSPS) is 22.8. The summed E-state index contributed by atoms with van der Waals surface area (Å²) in [5.74, 6) is -0.0387. The van der Waals surface area contributed by atoms with Crippen LogP contribution in [0, 0.1) is 0 Å². The molecule has 0 bridgehead atoms. The van der Waals surface area contributed by atoms with Crippen LogP contribution in [0.2, 0.25) is 0 Å². The Labute approximate surface area is 139 Å². The minimum Gasteiger partial charge on any atom is -0.364 e. The summed E-state index contributed by atoms with van der Waals surface area (Å²) in [5, 5.41) is 6.56. The van der Waals surface area contributed by atoms with Crippen LogP contribution in [-0.2, 0) is 9.53 Å². The van der Waals surface area contributed by atoms with Gasteiger partial charge in [-0.15, -0.1) is 0 Å². The van der Waals surface area contributed by atoms with Crippen LogP contribution >= 0.6 is 0 Å². The van der Waals surface area contributed by atoms with Crippen LogP contribution in [0.5, 0.6) is 0 Å². The lowest BCUT2D eigenvalue weighted by atomic mass is 10.0. The third kappa shape index (κ3) is 5.30. The van der Waals surface area contributed by atoms with Crippen molar-refractivity contribution in [2.45, 2.75) is 57.4 Å². The van der Waals surface area contributed by atoms with Crippen LogP contribution in [0.3, 0.4) is 0 Å². The summed E-state index contributed by atoms with van der Waals surface area (Å²) >= 11 is 0. The largest absolute Gasteiger partial charge is 0.364 e. The highest BCUT2D eigenvalue weighted by Gasteiger charge is 2.31. The van der Waals surface area contributed by atoms with E-state index in [-0.39, 0.29) is 29.7 Å². The maximum absolute atomic E-state index is 12.2. The molecule has 128 valence electrons. The number of carbonyl (C=O) groups excluding carboxylic acids is 1. The topological polar surface area (TPSA) is 76.4 Å². The molecule has 1 saturated heterocycles. The first-order chi connectivity index (χ1) is 10.9. The number of rotatable bonds is 7. The summed E-state index contributed by atoms with van der Waals surface area (Å²) in [6.07, 6.45) is 1.28. The van der Waals surface area contributed by atoms with E-state index in [2.05, 4.69) is 43.5 Å². The van der Waals surface area contributed by atoms with Crippen molar-refractivity contribution in [1.29, 1.82) is 0 Å². The lowest BCUT2D eigenvalue weighted by Gasteiger charge is -2.31. The summed E-state index contributed by atoms with van der Waals surface area (Å²) in [7, 11) is 0. The van der Waals surface area contributed by atoms with Gasteiger partial charge in [0.1, 0.15) is 6.10 Å². The minimum absolute atomic E-state index is 0.0231. The summed E-state index contributed by atoms with van der Waals surface area (Å²) in [6.45, 7) is 7.34. The van der Waals surface area contributed by atoms with Crippen molar-refractivity contribution in [3.05, 3.63) is 35.9 Å². The van der Waals surface area contributed by atoms with Gasteiger partial charge < -0.3 is 21.1 Å². The van der Waals surface area contributed by atoms with Crippen molar-refractivity contribution in [3.63, 3.8) is 0 Å². The Hall–Kier alpha value is -1.43. The number of hydrogen-bond donors (Lipinski definition) is 3. The van der Waals surface area contributed by atoms with Gasteiger partial charge in [-0.1, -0.05) is 30.3 Å². The lowest BCUT2D eigenvalue weighted by Crippen LogP contribution is -2.51. The average Bonchev–Trinajstić information content (AvgIpc) is 3.02. The van der Waals surface area contributed by atoms with Gasteiger partial charge in [0.2, 0.25) is 5.91 Å². The van der Waals surface area contributed by atoms with Crippen LogP contribution in [0.15, 0.2) is 30.3 Å². The number of carbonyl (C=O) groups is 1. The van der Waals surface area contributed by atoms with E-state index in [0.717, 1.165) is 12.8 Å². The van der Waals surface area contributed by atoms with Crippen LogP contribution in [0.25, 0.3) is 0 Å². The quantitative estimate of drug-likeness (QED) is 0.715. The first kappa shape index (κ1) is 17.9. The van der Waals surface area contributed by atoms with Gasteiger partial charge in [0, 0.05) is 24.7 Å². The molecule has 0 radical (unpaired) electrons. The molecular weight excluding hydrogens is 290 g/mol. The fourth-order valence-corrected chi connectivity index (χ4v) is 2.96. The first-order valence-electron chi connectivity index (χ1n) is 8.37. The predicted octanol–water partition coefficient (Wildman–Crippen LogP) is 1.74. The highest BCUT2D eigenvalue weighted by atomic mass is 16.5. The van der Waals surface area contributed by atoms with Crippen molar-refractivity contribution >= 4 is 5.91 Å². The Bertz CT molecular complexity index is 504. The maximum Gasteiger partial charge on any atom is 0.249 e. The zero-order chi connectivity index (χ0) is 16.9. The van der Waals surface area contributed by atoms with E-state index < -0.39 is 0 Å². The second-order valence-corrected chi connectivity index (χ2v) is 6.94. The van der Waals surface area contributed by atoms with Crippen molar-refractivity contribution in [2.24, 2.45) is 5.73 Å². The molecule has 5 heteroatoms. The van der Waals surface area contributed by atoms with Crippen LogP contribution in [-0.4, -0.2) is 36.7 Å². The van der Waals surface area contributed by atoms with E-state index in [0.29, 0.717) is 13.1 Å². The van der Waals surface area contributed by atoms with E-state index >= 15 is 0 Å². The molecule has 0 saturated carbocycles. The molecular formula is C18H29N3O2. The van der Waals surface area contributed by atoms with Crippen molar-refractivity contribution in [1.82, 2.24) is 10.6 Å². The molecule has 23 heavy (non-hydrogen) atoms. The van der Waals surface area contributed by atoms with Gasteiger partial charge in [-0.3, -0.25) is 4.79 Å². The summed E-state index contributed by atoms with van der Waals surface area (Å²) < 4.78 is 5.63. The molecule has 1 aromatic carbocycles. The summed E-state index contributed by atoms with van der Waals surface area (Å²) in [5.41, 5.74) is 6.60. The molecule has 5 nitrogen and oxygen atoms in total. The van der Waals surface area contributed by atoms with Crippen LogP contribution in [0.1, 0.15) is 45.2 Å². The SMILES string of the molecule is CC(NC(C)(C)CNC(=O)[C@@H]1CC[C@H](CN)O1)c1ccccc1. The van der Waals surface area contributed by atoms with Crippen LogP contribution in [0.4, 0.5) is 0 Å². The van der Waals surface area contributed by atoms with Crippen molar-refractivity contribution in [3.8, 4) is 0 Å². The van der Waals surface area contributed by atoms with Gasteiger partial charge in [-0.05, 0) is 39.2 Å². The molecule has 2 rings (SSSR count). The number of hydrogen-bond acceptors (Lipinski definition) is 4. The fraction of sp³-hybridized carbons (Fsp3) is 0.611. The number of nitrogens with two attached hydrogens (primary N) is 1. The summed E-state index contributed by atoms with van der Waals surface area (Å²) in [4.78, 5) is 12.2. The highest BCUT2D eigenvalue weighted by molar-refractivity contribution is 5.81. The van der Waals surface area contributed by atoms with Gasteiger partial charge in [-0.25, -0.2) is 0 Å².